The molecule has 0 bridgehead atoms. The Kier molecular flexibility index (Phi) is 2.26. The molecule has 9 heavy (non-hydrogen) atoms. The second kappa shape index (κ2) is 3.24. The van der Waals surface area contributed by atoms with Crippen molar-refractivity contribution in [2.24, 2.45) is 0 Å². The van der Waals surface area contributed by atoms with Gasteiger partial charge < -0.3 is 0 Å². The van der Waals surface area contributed by atoms with Crippen LogP contribution in [0, 0.1) is 5.00 Å². The van der Waals surface area contributed by atoms with Crippen LogP contribution in [0.4, 0.5) is 0 Å². The van der Waals surface area contributed by atoms with Crippen LogP contribution < -0.4 is 4.52 Å². The topological polar surface area (TPSA) is 33.0 Å². The first-order valence-electron chi connectivity index (χ1n) is 2.50. The fraction of sp³-hybridized carbons (Fsp3) is 0. The van der Waals surface area contributed by atoms with Crippen molar-refractivity contribution in [1.29, 1.82) is 5.00 Å². The van der Waals surface area contributed by atoms with Gasteiger partial charge in [0.25, 0.3) is 0 Å². The van der Waals surface area contributed by atoms with Crippen molar-refractivity contribution < 1.29 is 4.52 Å². The maximum absolute atomic E-state index is 8.27. The first-order chi connectivity index (χ1) is 4.43. The fourth-order valence-electron chi connectivity index (χ4n) is 0.528. The first-order valence-corrected chi connectivity index (χ1v) is 3.26. The summed E-state index contributed by atoms with van der Waals surface area (Å²) in [4.78, 5) is 0. The van der Waals surface area contributed by atoms with E-state index < -0.39 is 0 Å². The van der Waals surface area contributed by atoms with Crippen LogP contribution in [0.25, 0.3) is 0 Å². The molecule has 0 aliphatic rings. The van der Waals surface area contributed by atoms with Crippen molar-refractivity contribution in [3.05, 3.63) is 30.3 Å². The van der Waals surface area contributed by atoms with Gasteiger partial charge in [0, 0.05) is 0 Å². The number of benzene rings is 1. The first kappa shape index (κ1) is 6.28. The molecule has 0 spiro atoms. The minimum atomic E-state index is -0.0550. The van der Waals surface area contributed by atoms with Crippen LogP contribution in [-0.2, 0) is 0 Å². The van der Waals surface area contributed by atoms with Crippen LogP contribution in [0.3, 0.4) is 0 Å². The van der Waals surface area contributed by atoms with E-state index in [1.807, 2.05) is 18.2 Å². The zero-order chi connectivity index (χ0) is 6.53. The van der Waals surface area contributed by atoms with Gasteiger partial charge in [-0.3, -0.25) is 0 Å². The molecule has 2 nitrogen and oxygen atoms in total. The zero-order valence-corrected chi connectivity index (χ0v) is 5.58. The summed E-state index contributed by atoms with van der Waals surface area (Å²) in [5, 5.41) is 8.27. The molecule has 45 valence electrons. The van der Waals surface area contributed by atoms with Gasteiger partial charge in [0.05, 0.1) is 0 Å². The summed E-state index contributed by atoms with van der Waals surface area (Å²) in [6.07, 6.45) is 0. The molecule has 0 aliphatic carbocycles. The summed E-state index contributed by atoms with van der Waals surface area (Å²) in [6.45, 7) is 0. The van der Waals surface area contributed by atoms with Crippen LogP contribution in [-0.4, -0.2) is 0 Å². The Balaban J connectivity index is 2.76. The van der Waals surface area contributed by atoms with E-state index in [4.69, 9.17) is 9.53 Å². The van der Waals surface area contributed by atoms with Gasteiger partial charge in [-0.05, 0) is 0 Å². The van der Waals surface area contributed by atoms with Gasteiger partial charge in [0.1, 0.15) is 0 Å². The molecule has 0 fully saturated rings. The third-order valence-corrected chi connectivity index (χ3v) is 1.18. The molecule has 0 saturated heterocycles. The molecule has 0 heterocycles. The molecule has 1 aromatic rings. The van der Waals surface area contributed by atoms with Gasteiger partial charge in [-0.15, -0.1) is 0 Å². The van der Waals surface area contributed by atoms with E-state index in [-0.39, 0.29) is 8.44 Å². The predicted molar refractivity (Wildman–Crippen MR) is 35.7 cm³/mol. The van der Waals surface area contributed by atoms with Crippen molar-refractivity contribution in [3.63, 3.8) is 0 Å². The van der Waals surface area contributed by atoms with E-state index in [1.165, 1.54) is 0 Å². The molecule has 0 atom stereocenters. The zero-order valence-electron chi connectivity index (χ0n) is 4.69. The van der Waals surface area contributed by atoms with Crippen molar-refractivity contribution >= 4 is 8.44 Å². The number of hydrogen-bond acceptors (Lipinski definition) is 2. The SMILES string of the molecule is N#[P]Oc1ccccc1. The van der Waals surface area contributed by atoms with E-state index in [0.717, 1.165) is 0 Å². The van der Waals surface area contributed by atoms with Gasteiger partial charge >= 0.3 is 54.1 Å². The molecular weight excluding hydrogens is 133 g/mol. The minimum absolute atomic E-state index is 0.0550. The van der Waals surface area contributed by atoms with Gasteiger partial charge in [0.15, 0.2) is 0 Å². The summed E-state index contributed by atoms with van der Waals surface area (Å²) in [5.41, 5.74) is 0. The van der Waals surface area contributed by atoms with Crippen molar-refractivity contribution in [2.75, 3.05) is 0 Å². The third-order valence-electron chi connectivity index (χ3n) is 0.889. The summed E-state index contributed by atoms with van der Waals surface area (Å²) in [6, 6.07) is 9.15. The Labute approximate surface area is 54.9 Å². The summed E-state index contributed by atoms with van der Waals surface area (Å²) in [7, 11) is -0.0550. The third kappa shape index (κ3) is 1.85. The molecule has 0 unspecified atom stereocenters. The molecule has 0 N–H and O–H groups in total. The predicted octanol–water partition coefficient (Wildman–Crippen LogP) is 2.41. The van der Waals surface area contributed by atoms with E-state index in [1.54, 1.807) is 12.1 Å². The van der Waals surface area contributed by atoms with Crippen LogP contribution in [0.15, 0.2) is 30.3 Å². The number of para-hydroxylation sites is 1. The second-order valence-electron chi connectivity index (χ2n) is 1.49. The Bertz CT molecular complexity index is 216. The molecule has 1 rings (SSSR count). The molecule has 0 aromatic heterocycles. The van der Waals surface area contributed by atoms with Crippen LogP contribution in [0.1, 0.15) is 0 Å². The number of nitrogens with zero attached hydrogens (tertiary/aromatic N) is 1. The fourth-order valence-corrected chi connectivity index (χ4v) is 0.744. The molecule has 0 aliphatic heterocycles. The van der Waals surface area contributed by atoms with Gasteiger partial charge in [-0.2, -0.15) is 0 Å². The van der Waals surface area contributed by atoms with E-state index in [0.29, 0.717) is 5.75 Å². The molecular formula is C6H5NOP. The average molecular weight is 138 g/mol. The summed E-state index contributed by atoms with van der Waals surface area (Å²) < 4.78 is 4.73. The molecule has 1 radical (unpaired) electrons. The molecule has 0 amide bonds. The van der Waals surface area contributed by atoms with Crippen LogP contribution in [0.2, 0.25) is 0 Å². The molecule has 1 aromatic carbocycles. The normalized spacial score (nSPS) is 8.33. The second-order valence-corrected chi connectivity index (χ2v) is 1.83. The van der Waals surface area contributed by atoms with E-state index in [2.05, 4.69) is 0 Å². The Morgan fingerprint density at radius 1 is 1.22 bits per heavy atom. The van der Waals surface area contributed by atoms with Crippen molar-refractivity contribution in [3.8, 4) is 5.75 Å². The monoisotopic (exact) mass is 138 g/mol. The van der Waals surface area contributed by atoms with Gasteiger partial charge in [-0.25, -0.2) is 0 Å². The van der Waals surface area contributed by atoms with Gasteiger partial charge in [0.2, 0.25) is 0 Å². The Morgan fingerprint density at radius 3 is 2.44 bits per heavy atom. The standard InChI is InChI=1S/C6H5NOP/c7-9-8-6-4-2-1-3-5-6/h1-5H. The molecule has 3 heteroatoms. The maximum atomic E-state index is 8.27. The Morgan fingerprint density at radius 2 is 1.89 bits per heavy atom. The quantitative estimate of drug-likeness (QED) is 0.558. The van der Waals surface area contributed by atoms with E-state index >= 15 is 0 Å². The molecule has 0 saturated carbocycles. The Hall–Kier alpha value is -0.840. The summed E-state index contributed by atoms with van der Waals surface area (Å²) in [5.74, 6) is 0.682. The van der Waals surface area contributed by atoms with Crippen molar-refractivity contribution in [2.45, 2.75) is 0 Å². The average Bonchev–Trinajstić information content (AvgIpc) is 1.91. The number of rotatable bonds is 1. The summed E-state index contributed by atoms with van der Waals surface area (Å²) >= 11 is 0. The number of hydrogen-bond donors (Lipinski definition) is 0. The van der Waals surface area contributed by atoms with Crippen molar-refractivity contribution in [1.82, 2.24) is 0 Å². The van der Waals surface area contributed by atoms with Crippen LogP contribution in [0.5, 0.6) is 5.75 Å². The van der Waals surface area contributed by atoms with Crippen LogP contribution >= 0.6 is 8.44 Å². The van der Waals surface area contributed by atoms with E-state index in [9.17, 15) is 0 Å². The van der Waals surface area contributed by atoms with Gasteiger partial charge in [-0.1, -0.05) is 0 Å².